The first-order valence-corrected chi connectivity index (χ1v) is 7.08. The predicted octanol–water partition coefficient (Wildman–Crippen LogP) is 3.97. The van der Waals surface area contributed by atoms with Gasteiger partial charge in [-0.2, -0.15) is 0 Å². The van der Waals surface area contributed by atoms with E-state index in [0.29, 0.717) is 6.54 Å². The van der Waals surface area contributed by atoms with E-state index in [2.05, 4.69) is 4.98 Å². The molecule has 0 amide bonds. The molecule has 0 spiro atoms. The monoisotopic (exact) mass is 304 g/mol. The number of hydrogen-bond acceptors (Lipinski definition) is 2. The lowest BCUT2D eigenvalue weighted by atomic mass is 10.2. The van der Waals surface area contributed by atoms with Gasteiger partial charge in [-0.1, -0.05) is 12.1 Å². The van der Waals surface area contributed by atoms with Crippen LogP contribution in [0.1, 0.15) is 11.4 Å². The van der Waals surface area contributed by atoms with Crippen LogP contribution in [0.4, 0.5) is 4.39 Å². The van der Waals surface area contributed by atoms with Gasteiger partial charge in [0.15, 0.2) is 0 Å². The molecule has 3 rings (SSSR count). The Morgan fingerprint density at radius 3 is 2.62 bits per heavy atom. The highest BCUT2D eigenvalue weighted by Gasteiger charge is 2.11. The number of imidazole rings is 1. The number of hydrogen-bond donors (Lipinski definition) is 0. The summed E-state index contributed by atoms with van der Waals surface area (Å²) >= 11 is 5.96. The first kappa shape index (κ1) is 13.9. The molecule has 108 valence electrons. The molecule has 1 aromatic heterocycles. The van der Waals surface area contributed by atoms with Gasteiger partial charge in [0.25, 0.3) is 0 Å². The third kappa shape index (κ3) is 2.72. The standard InChI is InChI=1S/C16H14ClFN2O/c1-21-13-5-2-11(3-6-13)10-20-15-8-12(18)4-7-14(15)19-16(20)9-17/h2-8H,9-10H2,1H3. The van der Waals surface area contributed by atoms with E-state index in [-0.39, 0.29) is 11.7 Å². The Morgan fingerprint density at radius 1 is 1.19 bits per heavy atom. The number of benzene rings is 2. The Kier molecular flexibility index (Phi) is 3.80. The zero-order valence-corrected chi connectivity index (χ0v) is 12.3. The molecule has 3 aromatic rings. The fourth-order valence-corrected chi connectivity index (χ4v) is 2.54. The number of nitrogens with zero attached hydrogens (tertiary/aromatic N) is 2. The summed E-state index contributed by atoms with van der Waals surface area (Å²) in [5, 5.41) is 0. The van der Waals surface area contributed by atoms with E-state index in [1.807, 2.05) is 28.8 Å². The lowest BCUT2D eigenvalue weighted by Crippen LogP contribution is -2.04. The number of halogens is 2. The van der Waals surface area contributed by atoms with Crippen molar-refractivity contribution in [3.05, 3.63) is 59.7 Å². The average molecular weight is 305 g/mol. The van der Waals surface area contributed by atoms with Gasteiger partial charge >= 0.3 is 0 Å². The predicted molar refractivity (Wildman–Crippen MR) is 81.3 cm³/mol. The molecule has 0 atom stereocenters. The van der Waals surface area contributed by atoms with Crippen LogP contribution in [-0.2, 0) is 12.4 Å². The van der Waals surface area contributed by atoms with Gasteiger partial charge in [-0.25, -0.2) is 9.37 Å². The number of fused-ring (bicyclic) bond motifs is 1. The summed E-state index contributed by atoms with van der Waals surface area (Å²) in [5.74, 6) is 1.54. The molecule has 0 aliphatic carbocycles. The Hall–Kier alpha value is -2.07. The SMILES string of the molecule is COc1ccc(Cn2c(CCl)nc3ccc(F)cc32)cc1. The minimum atomic E-state index is -0.278. The molecule has 2 aromatic carbocycles. The lowest BCUT2D eigenvalue weighted by molar-refractivity contribution is 0.414. The van der Waals surface area contributed by atoms with Gasteiger partial charge in [-0.3, -0.25) is 0 Å². The zero-order chi connectivity index (χ0) is 14.8. The number of methoxy groups -OCH3 is 1. The summed E-state index contributed by atoms with van der Waals surface area (Å²) in [6.07, 6.45) is 0. The molecule has 0 bridgehead atoms. The van der Waals surface area contributed by atoms with Gasteiger partial charge in [-0.05, 0) is 35.9 Å². The largest absolute Gasteiger partial charge is 0.497 e. The number of ether oxygens (including phenoxy) is 1. The fourth-order valence-electron chi connectivity index (χ4n) is 2.34. The van der Waals surface area contributed by atoms with Crippen LogP contribution in [0.25, 0.3) is 11.0 Å². The summed E-state index contributed by atoms with van der Waals surface area (Å²) < 4.78 is 20.6. The average Bonchev–Trinajstić information content (AvgIpc) is 2.85. The molecular weight excluding hydrogens is 291 g/mol. The van der Waals surface area contributed by atoms with Crippen LogP contribution in [0.5, 0.6) is 5.75 Å². The molecule has 0 unspecified atom stereocenters. The van der Waals surface area contributed by atoms with Gasteiger partial charge in [0.05, 0.1) is 24.0 Å². The van der Waals surface area contributed by atoms with Gasteiger partial charge < -0.3 is 9.30 Å². The molecule has 0 radical (unpaired) electrons. The van der Waals surface area contributed by atoms with Gasteiger partial charge in [0.1, 0.15) is 17.4 Å². The van der Waals surface area contributed by atoms with E-state index in [0.717, 1.165) is 28.2 Å². The Bertz CT molecular complexity index is 768. The van der Waals surface area contributed by atoms with Crippen molar-refractivity contribution in [3.63, 3.8) is 0 Å². The van der Waals surface area contributed by atoms with Crippen molar-refractivity contribution in [2.45, 2.75) is 12.4 Å². The maximum atomic E-state index is 13.5. The van der Waals surface area contributed by atoms with Crippen molar-refractivity contribution in [1.29, 1.82) is 0 Å². The molecule has 0 saturated carbocycles. The number of aromatic nitrogens is 2. The summed E-state index contributed by atoms with van der Waals surface area (Å²) in [4.78, 5) is 4.44. The Morgan fingerprint density at radius 2 is 1.95 bits per heavy atom. The molecule has 0 N–H and O–H groups in total. The molecule has 0 aliphatic rings. The maximum absolute atomic E-state index is 13.5. The molecule has 0 saturated heterocycles. The van der Waals surface area contributed by atoms with E-state index in [1.54, 1.807) is 13.2 Å². The minimum absolute atomic E-state index is 0.278. The third-order valence-corrected chi connectivity index (χ3v) is 3.65. The smallest absolute Gasteiger partial charge is 0.125 e. The van der Waals surface area contributed by atoms with E-state index in [1.165, 1.54) is 12.1 Å². The van der Waals surface area contributed by atoms with E-state index in [9.17, 15) is 4.39 Å². The van der Waals surface area contributed by atoms with E-state index in [4.69, 9.17) is 16.3 Å². The van der Waals surface area contributed by atoms with Crippen molar-refractivity contribution in [2.75, 3.05) is 7.11 Å². The fraction of sp³-hybridized carbons (Fsp3) is 0.188. The molecule has 3 nitrogen and oxygen atoms in total. The molecule has 5 heteroatoms. The van der Waals surface area contributed by atoms with Gasteiger partial charge in [0, 0.05) is 6.54 Å². The van der Waals surface area contributed by atoms with Crippen LogP contribution in [0.2, 0.25) is 0 Å². The van der Waals surface area contributed by atoms with Crippen LogP contribution in [0.15, 0.2) is 42.5 Å². The summed E-state index contributed by atoms with van der Waals surface area (Å²) in [6.45, 7) is 0.589. The Balaban J connectivity index is 2.03. The van der Waals surface area contributed by atoms with Crippen LogP contribution >= 0.6 is 11.6 Å². The number of alkyl halides is 1. The van der Waals surface area contributed by atoms with Crippen LogP contribution in [0.3, 0.4) is 0 Å². The van der Waals surface area contributed by atoms with E-state index >= 15 is 0 Å². The van der Waals surface area contributed by atoms with Crippen molar-refractivity contribution in [3.8, 4) is 5.75 Å². The quantitative estimate of drug-likeness (QED) is 0.682. The second-order valence-corrected chi connectivity index (χ2v) is 5.00. The third-order valence-electron chi connectivity index (χ3n) is 3.41. The second kappa shape index (κ2) is 5.74. The summed E-state index contributed by atoms with van der Waals surface area (Å²) in [5.41, 5.74) is 2.58. The summed E-state index contributed by atoms with van der Waals surface area (Å²) in [7, 11) is 1.63. The maximum Gasteiger partial charge on any atom is 0.125 e. The van der Waals surface area contributed by atoms with Crippen LogP contribution < -0.4 is 4.74 Å². The van der Waals surface area contributed by atoms with Crippen LogP contribution in [0, 0.1) is 5.82 Å². The van der Waals surface area contributed by atoms with E-state index < -0.39 is 0 Å². The topological polar surface area (TPSA) is 27.1 Å². The first-order valence-electron chi connectivity index (χ1n) is 6.55. The lowest BCUT2D eigenvalue weighted by Gasteiger charge is -2.09. The number of rotatable bonds is 4. The van der Waals surface area contributed by atoms with Gasteiger partial charge in [0.2, 0.25) is 0 Å². The minimum Gasteiger partial charge on any atom is -0.497 e. The van der Waals surface area contributed by atoms with Crippen molar-refractivity contribution >= 4 is 22.6 Å². The highest BCUT2D eigenvalue weighted by atomic mass is 35.5. The summed E-state index contributed by atoms with van der Waals surface area (Å²) in [6, 6.07) is 12.3. The molecule has 1 heterocycles. The first-order chi connectivity index (χ1) is 10.2. The Labute approximate surface area is 126 Å². The molecule has 0 fully saturated rings. The normalized spacial score (nSPS) is 11.0. The van der Waals surface area contributed by atoms with Crippen LogP contribution in [-0.4, -0.2) is 16.7 Å². The molecule has 0 aliphatic heterocycles. The molecular formula is C16H14ClFN2O. The van der Waals surface area contributed by atoms with Crippen molar-refractivity contribution in [1.82, 2.24) is 9.55 Å². The van der Waals surface area contributed by atoms with Crippen molar-refractivity contribution < 1.29 is 9.13 Å². The highest BCUT2D eigenvalue weighted by molar-refractivity contribution is 6.16. The van der Waals surface area contributed by atoms with Gasteiger partial charge in [-0.15, -0.1) is 11.6 Å². The zero-order valence-electron chi connectivity index (χ0n) is 11.5. The second-order valence-electron chi connectivity index (χ2n) is 4.73. The van der Waals surface area contributed by atoms with Crippen molar-refractivity contribution in [2.24, 2.45) is 0 Å². The highest BCUT2D eigenvalue weighted by Crippen LogP contribution is 2.21. The molecule has 21 heavy (non-hydrogen) atoms.